The monoisotopic (exact) mass is 220 g/mol. The molecule has 4 heteroatoms. The molecule has 0 saturated carbocycles. The van der Waals surface area contributed by atoms with E-state index in [4.69, 9.17) is 5.11 Å². The van der Waals surface area contributed by atoms with Crippen molar-refractivity contribution in [2.45, 2.75) is 6.42 Å². The molecule has 0 bridgehead atoms. The lowest BCUT2D eigenvalue weighted by molar-refractivity contribution is -0.148. The Hall–Kier alpha value is -1.68. The number of fused-ring (bicyclic) bond motifs is 1. The molecule has 0 atom stereocenters. The van der Waals surface area contributed by atoms with Crippen LogP contribution in [0.3, 0.4) is 0 Å². The summed E-state index contributed by atoms with van der Waals surface area (Å²) < 4.78 is 1.07. The first-order chi connectivity index (χ1) is 7.18. The van der Waals surface area contributed by atoms with E-state index in [-0.39, 0.29) is 6.42 Å². The number of aliphatic carboxylic acids is 1. The van der Waals surface area contributed by atoms with Crippen LogP contribution in [0.2, 0.25) is 0 Å². The number of carbonyl (C=O) groups excluding carboxylic acids is 1. The van der Waals surface area contributed by atoms with Crippen LogP contribution in [0.5, 0.6) is 0 Å². The first kappa shape index (κ1) is 9.86. The molecule has 2 rings (SSSR count). The van der Waals surface area contributed by atoms with Crippen LogP contribution >= 0.6 is 11.3 Å². The van der Waals surface area contributed by atoms with E-state index in [9.17, 15) is 9.59 Å². The molecular weight excluding hydrogens is 212 g/mol. The van der Waals surface area contributed by atoms with Crippen molar-refractivity contribution >= 4 is 33.2 Å². The molecule has 0 aliphatic heterocycles. The fourth-order valence-corrected chi connectivity index (χ4v) is 2.38. The lowest BCUT2D eigenvalue weighted by Gasteiger charge is -1.95. The van der Waals surface area contributed by atoms with Gasteiger partial charge in [0.05, 0.1) is 0 Å². The van der Waals surface area contributed by atoms with Gasteiger partial charge in [-0.2, -0.15) is 0 Å². The predicted molar refractivity (Wildman–Crippen MR) is 58.2 cm³/mol. The van der Waals surface area contributed by atoms with E-state index < -0.39 is 11.8 Å². The average molecular weight is 220 g/mol. The minimum absolute atomic E-state index is 0.0284. The maximum Gasteiger partial charge on any atom is 0.372 e. The number of ketones is 1. The number of carboxylic acid groups (broad SMARTS) is 1. The van der Waals surface area contributed by atoms with Gasteiger partial charge in [0.15, 0.2) is 0 Å². The van der Waals surface area contributed by atoms with E-state index in [2.05, 4.69) is 0 Å². The molecule has 0 spiro atoms. The van der Waals surface area contributed by atoms with Crippen molar-refractivity contribution < 1.29 is 14.7 Å². The highest BCUT2D eigenvalue weighted by atomic mass is 32.1. The van der Waals surface area contributed by atoms with Gasteiger partial charge >= 0.3 is 5.97 Å². The highest BCUT2D eigenvalue weighted by molar-refractivity contribution is 7.17. The van der Waals surface area contributed by atoms with Gasteiger partial charge in [-0.15, -0.1) is 11.3 Å². The Kier molecular flexibility index (Phi) is 2.51. The summed E-state index contributed by atoms with van der Waals surface area (Å²) in [5, 5.41) is 11.3. The van der Waals surface area contributed by atoms with Gasteiger partial charge in [-0.05, 0) is 22.4 Å². The van der Waals surface area contributed by atoms with Crippen LogP contribution in [0.15, 0.2) is 29.6 Å². The largest absolute Gasteiger partial charge is 0.475 e. The molecule has 76 valence electrons. The zero-order valence-electron chi connectivity index (χ0n) is 7.77. The summed E-state index contributed by atoms with van der Waals surface area (Å²) in [6.07, 6.45) is -0.0284. The molecule has 0 aliphatic rings. The van der Waals surface area contributed by atoms with Crippen LogP contribution in [-0.2, 0) is 16.0 Å². The summed E-state index contributed by atoms with van der Waals surface area (Å²) in [5.41, 5.74) is 0.794. The molecule has 2 aromatic rings. The number of thiophene rings is 1. The van der Waals surface area contributed by atoms with Crippen molar-refractivity contribution in [1.29, 1.82) is 0 Å². The van der Waals surface area contributed by atoms with Crippen LogP contribution in [0.1, 0.15) is 5.56 Å². The van der Waals surface area contributed by atoms with Gasteiger partial charge in [-0.25, -0.2) is 4.79 Å². The van der Waals surface area contributed by atoms with Crippen molar-refractivity contribution in [3.05, 3.63) is 35.2 Å². The molecular formula is C11H8O3S. The van der Waals surface area contributed by atoms with Gasteiger partial charge in [-0.3, -0.25) is 4.79 Å². The molecule has 0 fully saturated rings. The van der Waals surface area contributed by atoms with Crippen molar-refractivity contribution in [3.63, 3.8) is 0 Å². The van der Waals surface area contributed by atoms with Gasteiger partial charge in [0.1, 0.15) is 0 Å². The van der Waals surface area contributed by atoms with Crippen molar-refractivity contribution in [2.75, 3.05) is 0 Å². The number of rotatable bonds is 3. The third-order valence-electron chi connectivity index (χ3n) is 2.15. The van der Waals surface area contributed by atoms with Crippen LogP contribution < -0.4 is 0 Å². The summed E-state index contributed by atoms with van der Waals surface area (Å²) in [4.78, 5) is 21.5. The number of hydrogen-bond donors (Lipinski definition) is 1. The topological polar surface area (TPSA) is 54.4 Å². The van der Waals surface area contributed by atoms with Crippen LogP contribution in [0.4, 0.5) is 0 Å². The number of carboxylic acids is 1. The summed E-state index contributed by atoms with van der Waals surface area (Å²) in [6, 6.07) is 7.65. The first-order valence-corrected chi connectivity index (χ1v) is 5.27. The molecule has 0 radical (unpaired) electrons. The van der Waals surface area contributed by atoms with Gasteiger partial charge in [0.2, 0.25) is 5.78 Å². The van der Waals surface area contributed by atoms with Gasteiger partial charge in [0, 0.05) is 11.1 Å². The molecule has 3 nitrogen and oxygen atoms in total. The second-order valence-electron chi connectivity index (χ2n) is 3.16. The lowest BCUT2D eigenvalue weighted by Crippen LogP contribution is -2.14. The SMILES string of the molecule is O=C(O)C(=O)Cc1csc2ccccc12. The molecule has 0 amide bonds. The van der Waals surface area contributed by atoms with Gasteiger partial charge < -0.3 is 5.11 Å². The van der Waals surface area contributed by atoms with E-state index >= 15 is 0 Å². The highest BCUT2D eigenvalue weighted by Crippen LogP contribution is 2.25. The van der Waals surface area contributed by atoms with E-state index in [1.807, 2.05) is 29.6 Å². The molecule has 15 heavy (non-hydrogen) atoms. The summed E-state index contributed by atoms with van der Waals surface area (Å²) in [7, 11) is 0. The zero-order chi connectivity index (χ0) is 10.8. The second-order valence-corrected chi connectivity index (χ2v) is 4.07. The van der Waals surface area contributed by atoms with E-state index in [0.717, 1.165) is 15.6 Å². The quantitative estimate of drug-likeness (QED) is 0.806. The maximum absolute atomic E-state index is 11.1. The lowest BCUT2D eigenvalue weighted by atomic mass is 10.1. The third-order valence-corrected chi connectivity index (χ3v) is 3.16. The maximum atomic E-state index is 11.1. The van der Waals surface area contributed by atoms with Crippen LogP contribution in [0, 0.1) is 0 Å². The number of carbonyl (C=O) groups is 2. The fraction of sp³-hybridized carbons (Fsp3) is 0.0909. The van der Waals surface area contributed by atoms with Crippen molar-refractivity contribution in [2.24, 2.45) is 0 Å². The Bertz CT molecular complexity index is 527. The Morgan fingerprint density at radius 2 is 2.00 bits per heavy atom. The minimum Gasteiger partial charge on any atom is -0.475 e. The molecule has 0 aliphatic carbocycles. The molecule has 1 N–H and O–H groups in total. The van der Waals surface area contributed by atoms with E-state index in [1.165, 1.54) is 11.3 Å². The number of hydrogen-bond acceptors (Lipinski definition) is 3. The normalized spacial score (nSPS) is 10.4. The zero-order valence-corrected chi connectivity index (χ0v) is 8.58. The Morgan fingerprint density at radius 1 is 1.27 bits per heavy atom. The van der Waals surface area contributed by atoms with Gasteiger partial charge in [-0.1, -0.05) is 18.2 Å². The molecule has 1 heterocycles. The first-order valence-electron chi connectivity index (χ1n) is 4.39. The Balaban J connectivity index is 2.37. The summed E-state index contributed by atoms with van der Waals surface area (Å²) in [5.74, 6) is -2.14. The van der Waals surface area contributed by atoms with Gasteiger partial charge in [0.25, 0.3) is 0 Å². The minimum atomic E-state index is -1.37. The summed E-state index contributed by atoms with van der Waals surface area (Å²) >= 11 is 1.52. The van der Waals surface area contributed by atoms with E-state index in [1.54, 1.807) is 0 Å². The molecule has 0 unspecified atom stereocenters. The predicted octanol–water partition coefficient (Wildman–Crippen LogP) is 2.10. The smallest absolute Gasteiger partial charge is 0.372 e. The fourth-order valence-electron chi connectivity index (χ4n) is 1.42. The average Bonchev–Trinajstić information content (AvgIpc) is 2.62. The highest BCUT2D eigenvalue weighted by Gasteiger charge is 2.14. The Labute approximate surface area is 90.0 Å². The number of benzene rings is 1. The molecule has 0 saturated heterocycles. The van der Waals surface area contributed by atoms with Crippen molar-refractivity contribution in [3.8, 4) is 0 Å². The molecule has 1 aromatic carbocycles. The van der Waals surface area contributed by atoms with Crippen molar-refractivity contribution in [1.82, 2.24) is 0 Å². The number of Topliss-reactive ketones (excluding diaryl/α,β-unsaturated/α-hetero) is 1. The van der Waals surface area contributed by atoms with Crippen LogP contribution in [0.25, 0.3) is 10.1 Å². The second kappa shape index (κ2) is 3.82. The third kappa shape index (κ3) is 1.89. The summed E-state index contributed by atoms with van der Waals surface area (Å²) in [6.45, 7) is 0. The standard InChI is InChI=1S/C11H8O3S/c12-9(11(13)14)5-7-6-15-10-4-2-1-3-8(7)10/h1-4,6H,5H2,(H,13,14). The molecule has 1 aromatic heterocycles. The van der Waals surface area contributed by atoms with E-state index in [0.29, 0.717) is 0 Å². The Morgan fingerprint density at radius 3 is 2.73 bits per heavy atom. The van der Waals surface area contributed by atoms with Crippen LogP contribution in [-0.4, -0.2) is 16.9 Å².